The first-order valence-electron chi connectivity index (χ1n) is 6.39. The van der Waals surface area contributed by atoms with Crippen LogP contribution >= 0.6 is 11.8 Å². The van der Waals surface area contributed by atoms with Gasteiger partial charge in [-0.1, -0.05) is 18.2 Å². The third-order valence-corrected chi connectivity index (χ3v) is 3.63. The van der Waals surface area contributed by atoms with E-state index in [9.17, 15) is 9.59 Å². The first-order valence-corrected chi connectivity index (χ1v) is 7.55. The second-order valence-electron chi connectivity index (χ2n) is 4.19. The number of nitrogens with two attached hydrogens (primary N) is 1. The van der Waals surface area contributed by atoms with Crippen LogP contribution in [0.4, 0.5) is 5.69 Å². The Morgan fingerprint density at radius 1 is 1.30 bits per heavy atom. The van der Waals surface area contributed by atoms with Crippen molar-refractivity contribution in [1.29, 1.82) is 0 Å². The molecule has 1 unspecified atom stereocenters. The van der Waals surface area contributed by atoms with Crippen molar-refractivity contribution in [2.45, 2.75) is 18.9 Å². The van der Waals surface area contributed by atoms with Gasteiger partial charge in [0.15, 0.2) is 0 Å². The second kappa shape index (κ2) is 9.39. The lowest BCUT2D eigenvalue weighted by Gasteiger charge is -2.08. The smallest absolute Gasteiger partial charge is 0.322 e. The zero-order chi connectivity index (χ0) is 14.8. The van der Waals surface area contributed by atoms with Crippen LogP contribution in [0.5, 0.6) is 0 Å². The maximum atomic E-state index is 11.6. The number of hydrogen-bond donors (Lipinski definition) is 2. The summed E-state index contributed by atoms with van der Waals surface area (Å²) in [5.74, 6) is 1.02. The van der Waals surface area contributed by atoms with Crippen molar-refractivity contribution < 1.29 is 14.3 Å². The summed E-state index contributed by atoms with van der Waals surface area (Å²) in [7, 11) is 1.32. The van der Waals surface area contributed by atoms with Gasteiger partial charge in [-0.25, -0.2) is 0 Å². The predicted molar refractivity (Wildman–Crippen MR) is 81.6 cm³/mol. The van der Waals surface area contributed by atoms with Gasteiger partial charge in [0.25, 0.3) is 0 Å². The Balaban J connectivity index is 2.09. The summed E-state index contributed by atoms with van der Waals surface area (Å²) in [5.41, 5.74) is 6.41. The standard InChI is InChI=1S/C14H20N2O3S/c1-19-14(18)12(15)7-9-20-10-8-13(17)16-11-5-3-2-4-6-11/h2-6,12H,7-10,15H2,1H3,(H,16,17). The Morgan fingerprint density at radius 3 is 2.65 bits per heavy atom. The number of carbonyl (C=O) groups is 2. The number of ether oxygens (including phenoxy) is 1. The lowest BCUT2D eigenvalue weighted by molar-refractivity contribution is -0.142. The molecule has 0 saturated carbocycles. The quantitative estimate of drug-likeness (QED) is 0.563. The summed E-state index contributed by atoms with van der Waals surface area (Å²) in [5, 5.41) is 2.82. The van der Waals surface area contributed by atoms with E-state index >= 15 is 0 Å². The highest BCUT2D eigenvalue weighted by Crippen LogP contribution is 2.09. The number of amides is 1. The van der Waals surface area contributed by atoms with Crippen molar-refractivity contribution in [1.82, 2.24) is 0 Å². The molecule has 0 aromatic heterocycles. The molecular formula is C14H20N2O3S. The molecule has 0 fully saturated rings. The molecule has 0 heterocycles. The van der Waals surface area contributed by atoms with Crippen molar-refractivity contribution in [3.63, 3.8) is 0 Å². The van der Waals surface area contributed by atoms with Gasteiger partial charge in [0.1, 0.15) is 6.04 Å². The van der Waals surface area contributed by atoms with E-state index in [1.54, 1.807) is 11.8 Å². The summed E-state index contributed by atoms with van der Waals surface area (Å²) in [6, 6.07) is 8.76. The molecule has 110 valence electrons. The van der Waals surface area contributed by atoms with E-state index in [2.05, 4.69) is 10.1 Å². The summed E-state index contributed by atoms with van der Waals surface area (Å²) in [4.78, 5) is 22.7. The summed E-state index contributed by atoms with van der Waals surface area (Å²) >= 11 is 1.60. The minimum Gasteiger partial charge on any atom is -0.468 e. The highest BCUT2D eigenvalue weighted by atomic mass is 32.2. The van der Waals surface area contributed by atoms with Gasteiger partial charge in [-0.3, -0.25) is 9.59 Å². The fourth-order valence-corrected chi connectivity index (χ4v) is 2.45. The number of carbonyl (C=O) groups excluding carboxylic acids is 2. The summed E-state index contributed by atoms with van der Waals surface area (Å²) in [6.07, 6.45) is 0.991. The van der Waals surface area contributed by atoms with Crippen LogP contribution in [-0.2, 0) is 14.3 Å². The maximum absolute atomic E-state index is 11.6. The average Bonchev–Trinajstić information content (AvgIpc) is 2.46. The average molecular weight is 296 g/mol. The molecule has 0 radical (unpaired) electrons. The molecule has 5 nitrogen and oxygen atoms in total. The number of nitrogens with one attached hydrogen (secondary N) is 1. The van der Waals surface area contributed by atoms with Crippen LogP contribution in [0.3, 0.4) is 0 Å². The van der Waals surface area contributed by atoms with E-state index in [0.717, 1.165) is 11.4 Å². The Morgan fingerprint density at radius 2 is 2.00 bits per heavy atom. The van der Waals surface area contributed by atoms with Crippen LogP contribution < -0.4 is 11.1 Å². The van der Waals surface area contributed by atoms with Crippen molar-refractivity contribution in [3.8, 4) is 0 Å². The van der Waals surface area contributed by atoms with E-state index in [-0.39, 0.29) is 5.91 Å². The van der Waals surface area contributed by atoms with Crippen molar-refractivity contribution in [3.05, 3.63) is 30.3 Å². The predicted octanol–water partition coefficient (Wildman–Crippen LogP) is 1.64. The Hall–Kier alpha value is -1.53. The minimum atomic E-state index is -0.578. The molecule has 3 N–H and O–H groups in total. The third kappa shape index (κ3) is 6.58. The highest BCUT2D eigenvalue weighted by Gasteiger charge is 2.12. The Bertz CT molecular complexity index is 426. The van der Waals surface area contributed by atoms with Gasteiger partial charge < -0.3 is 15.8 Å². The van der Waals surface area contributed by atoms with Crippen molar-refractivity contribution in [2.24, 2.45) is 5.73 Å². The van der Waals surface area contributed by atoms with Crippen molar-refractivity contribution in [2.75, 3.05) is 23.9 Å². The number of benzene rings is 1. The van der Waals surface area contributed by atoms with E-state index in [0.29, 0.717) is 18.6 Å². The third-order valence-electron chi connectivity index (χ3n) is 2.61. The molecule has 0 aliphatic rings. The Labute approximate surface area is 123 Å². The monoisotopic (exact) mass is 296 g/mol. The number of esters is 1. The van der Waals surface area contributed by atoms with E-state index in [4.69, 9.17) is 5.73 Å². The van der Waals surface area contributed by atoms with Crippen LogP contribution in [0.15, 0.2) is 30.3 Å². The fraction of sp³-hybridized carbons (Fsp3) is 0.429. The van der Waals surface area contributed by atoms with E-state index < -0.39 is 12.0 Å². The molecule has 0 saturated heterocycles. The van der Waals surface area contributed by atoms with Crippen LogP contribution in [0.25, 0.3) is 0 Å². The zero-order valence-corrected chi connectivity index (χ0v) is 12.3. The maximum Gasteiger partial charge on any atom is 0.322 e. The van der Waals surface area contributed by atoms with Gasteiger partial charge in [0.2, 0.25) is 5.91 Å². The van der Waals surface area contributed by atoms with E-state index in [1.165, 1.54) is 7.11 Å². The molecule has 1 aromatic carbocycles. The van der Waals surface area contributed by atoms with Gasteiger partial charge in [0, 0.05) is 17.9 Å². The topological polar surface area (TPSA) is 81.4 Å². The van der Waals surface area contributed by atoms with Crippen LogP contribution in [-0.4, -0.2) is 36.5 Å². The molecule has 1 amide bonds. The van der Waals surface area contributed by atoms with Crippen molar-refractivity contribution >= 4 is 29.3 Å². The number of para-hydroxylation sites is 1. The van der Waals surface area contributed by atoms with Gasteiger partial charge in [0.05, 0.1) is 7.11 Å². The first kappa shape index (κ1) is 16.5. The fourth-order valence-electron chi connectivity index (χ4n) is 1.49. The zero-order valence-electron chi connectivity index (χ0n) is 11.5. The molecule has 1 rings (SSSR count). The van der Waals surface area contributed by atoms with Gasteiger partial charge >= 0.3 is 5.97 Å². The largest absolute Gasteiger partial charge is 0.468 e. The number of thioether (sulfide) groups is 1. The van der Waals surface area contributed by atoms with Gasteiger partial charge in [-0.05, 0) is 24.3 Å². The molecule has 0 bridgehead atoms. The number of methoxy groups -OCH3 is 1. The molecule has 0 aliphatic heterocycles. The molecule has 0 spiro atoms. The Kier molecular flexibility index (Phi) is 7.75. The second-order valence-corrected chi connectivity index (χ2v) is 5.42. The molecule has 6 heteroatoms. The number of anilines is 1. The molecular weight excluding hydrogens is 276 g/mol. The van der Waals surface area contributed by atoms with E-state index in [1.807, 2.05) is 30.3 Å². The summed E-state index contributed by atoms with van der Waals surface area (Å²) < 4.78 is 4.54. The first-order chi connectivity index (χ1) is 9.63. The lowest BCUT2D eigenvalue weighted by Crippen LogP contribution is -2.32. The highest BCUT2D eigenvalue weighted by molar-refractivity contribution is 7.99. The normalized spacial score (nSPS) is 11.7. The SMILES string of the molecule is COC(=O)C(N)CCSCCC(=O)Nc1ccccc1. The van der Waals surface area contributed by atoms with Crippen LogP contribution in [0.1, 0.15) is 12.8 Å². The molecule has 1 atom stereocenters. The minimum absolute atomic E-state index is 0.0130. The van der Waals surface area contributed by atoms with Gasteiger partial charge in [-0.15, -0.1) is 0 Å². The molecule has 1 aromatic rings. The number of rotatable bonds is 8. The molecule has 20 heavy (non-hydrogen) atoms. The lowest BCUT2D eigenvalue weighted by atomic mass is 10.2. The molecule has 0 aliphatic carbocycles. The van der Waals surface area contributed by atoms with Crippen LogP contribution in [0, 0.1) is 0 Å². The van der Waals surface area contributed by atoms with Crippen LogP contribution in [0.2, 0.25) is 0 Å². The van der Waals surface area contributed by atoms with Gasteiger partial charge in [-0.2, -0.15) is 11.8 Å². The number of hydrogen-bond acceptors (Lipinski definition) is 5. The summed E-state index contributed by atoms with van der Waals surface area (Å²) in [6.45, 7) is 0.